The Morgan fingerprint density at radius 1 is 1.22 bits per heavy atom. The van der Waals surface area contributed by atoms with E-state index >= 15 is 0 Å². The number of aromatic nitrogens is 1. The Balaban J connectivity index is 1.83. The van der Waals surface area contributed by atoms with Crippen LogP contribution in [0.2, 0.25) is 0 Å². The van der Waals surface area contributed by atoms with E-state index in [1.165, 1.54) is 18.2 Å². The van der Waals surface area contributed by atoms with Gasteiger partial charge in [0, 0.05) is 37.0 Å². The van der Waals surface area contributed by atoms with Gasteiger partial charge in [0.05, 0.1) is 10.6 Å². The second kappa shape index (κ2) is 6.43. The molecule has 1 aromatic carbocycles. The highest BCUT2D eigenvalue weighted by atomic mass is 16.6. The molecule has 2 aromatic rings. The third-order valence-corrected chi connectivity index (χ3v) is 3.76. The molecular weight excluding hydrogens is 296 g/mol. The number of nitro benzene ring substituents is 1. The number of rotatable bonds is 4. The molecule has 0 aliphatic carbocycles. The van der Waals surface area contributed by atoms with E-state index in [2.05, 4.69) is 15.2 Å². The number of amides is 1. The van der Waals surface area contributed by atoms with E-state index in [-0.39, 0.29) is 17.2 Å². The van der Waals surface area contributed by atoms with Gasteiger partial charge in [-0.25, -0.2) is 4.98 Å². The fourth-order valence-electron chi connectivity index (χ4n) is 2.63. The van der Waals surface area contributed by atoms with Gasteiger partial charge in [-0.3, -0.25) is 14.9 Å². The van der Waals surface area contributed by atoms with Gasteiger partial charge in [0.25, 0.3) is 11.6 Å². The van der Waals surface area contributed by atoms with Gasteiger partial charge in [0.2, 0.25) is 0 Å². The first kappa shape index (κ1) is 15.0. The number of pyridine rings is 1. The molecule has 118 valence electrons. The van der Waals surface area contributed by atoms with Gasteiger partial charge in [-0.1, -0.05) is 6.07 Å². The number of nitrogens with zero attached hydrogens (tertiary/aromatic N) is 3. The van der Waals surface area contributed by atoms with Crippen LogP contribution in [-0.4, -0.2) is 28.9 Å². The first-order valence-corrected chi connectivity index (χ1v) is 7.41. The molecule has 1 aliphatic rings. The van der Waals surface area contributed by atoms with Gasteiger partial charge in [-0.15, -0.1) is 0 Å². The molecule has 3 rings (SSSR count). The predicted molar refractivity (Wildman–Crippen MR) is 86.7 cm³/mol. The van der Waals surface area contributed by atoms with E-state index in [4.69, 9.17) is 0 Å². The molecular formula is C16H16N4O3. The number of anilines is 2. The molecule has 0 spiro atoms. The lowest BCUT2D eigenvalue weighted by molar-refractivity contribution is -0.384. The van der Waals surface area contributed by atoms with Crippen LogP contribution in [0.3, 0.4) is 0 Å². The number of hydrogen-bond acceptors (Lipinski definition) is 5. The van der Waals surface area contributed by atoms with Crippen molar-refractivity contribution in [3.63, 3.8) is 0 Å². The van der Waals surface area contributed by atoms with Gasteiger partial charge in [0.1, 0.15) is 0 Å². The van der Waals surface area contributed by atoms with Crippen molar-refractivity contribution >= 4 is 23.1 Å². The van der Waals surface area contributed by atoms with Gasteiger partial charge in [-0.05, 0) is 31.0 Å². The zero-order chi connectivity index (χ0) is 16.2. The monoisotopic (exact) mass is 312 g/mol. The molecule has 0 atom stereocenters. The highest BCUT2D eigenvalue weighted by Gasteiger charge is 2.19. The van der Waals surface area contributed by atoms with Crippen molar-refractivity contribution in [1.29, 1.82) is 0 Å². The van der Waals surface area contributed by atoms with Crippen LogP contribution < -0.4 is 10.2 Å². The van der Waals surface area contributed by atoms with Crippen LogP contribution in [0, 0.1) is 10.1 Å². The van der Waals surface area contributed by atoms with Crippen molar-refractivity contribution in [1.82, 2.24) is 4.98 Å². The van der Waals surface area contributed by atoms with Crippen LogP contribution in [0.4, 0.5) is 17.2 Å². The molecule has 0 unspecified atom stereocenters. The fourth-order valence-corrected chi connectivity index (χ4v) is 2.63. The number of nitro groups is 1. The Bertz CT molecular complexity index is 742. The molecule has 1 N–H and O–H groups in total. The van der Waals surface area contributed by atoms with E-state index in [0.29, 0.717) is 5.69 Å². The summed E-state index contributed by atoms with van der Waals surface area (Å²) in [5, 5.41) is 13.6. The summed E-state index contributed by atoms with van der Waals surface area (Å²) >= 11 is 0. The molecule has 0 saturated carbocycles. The lowest BCUT2D eigenvalue weighted by atomic mass is 10.2. The van der Waals surface area contributed by atoms with Crippen molar-refractivity contribution in [2.24, 2.45) is 0 Å². The van der Waals surface area contributed by atoms with Crippen molar-refractivity contribution in [2.45, 2.75) is 12.8 Å². The zero-order valence-electron chi connectivity index (χ0n) is 12.4. The van der Waals surface area contributed by atoms with Crippen molar-refractivity contribution < 1.29 is 9.72 Å². The fraction of sp³-hybridized carbons (Fsp3) is 0.250. The first-order chi connectivity index (χ1) is 11.1. The van der Waals surface area contributed by atoms with Crippen LogP contribution >= 0.6 is 0 Å². The number of carbonyl (C=O) groups excluding carboxylic acids is 1. The smallest absolute Gasteiger partial charge is 0.270 e. The maximum absolute atomic E-state index is 12.4. The van der Waals surface area contributed by atoms with Crippen LogP contribution in [0.5, 0.6) is 0 Å². The van der Waals surface area contributed by atoms with Crippen LogP contribution in [0.25, 0.3) is 0 Å². The SMILES string of the molecule is O=C(Nc1cccnc1N1CCCC1)c1cccc([N+](=O)[O-])c1. The summed E-state index contributed by atoms with van der Waals surface area (Å²) in [6, 6.07) is 9.21. The number of nitrogens with one attached hydrogen (secondary N) is 1. The van der Waals surface area contributed by atoms with Crippen LogP contribution in [0.15, 0.2) is 42.6 Å². The molecule has 23 heavy (non-hydrogen) atoms. The number of benzene rings is 1. The lowest BCUT2D eigenvalue weighted by Crippen LogP contribution is -2.22. The van der Waals surface area contributed by atoms with Crippen LogP contribution in [0.1, 0.15) is 23.2 Å². The Morgan fingerprint density at radius 3 is 2.74 bits per heavy atom. The van der Waals surface area contributed by atoms with E-state index in [0.717, 1.165) is 31.7 Å². The molecule has 0 bridgehead atoms. The summed E-state index contributed by atoms with van der Waals surface area (Å²) in [7, 11) is 0. The molecule has 1 fully saturated rings. The normalized spacial score (nSPS) is 13.8. The minimum absolute atomic E-state index is 0.108. The molecule has 1 saturated heterocycles. The average molecular weight is 312 g/mol. The van der Waals surface area contributed by atoms with Crippen molar-refractivity contribution in [3.8, 4) is 0 Å². The molecule has 7 heteroatoms. The predicted octanol–water partition coefficient (Wildman–Crippen LogP) is 2.84. The minimum Gasteiger partial charge on any atom is -0.355 e. The summed E-state index contributed by atoms with van der Waals surface area (Å²) in [6.45, 7) is 1.83. The van der Waals surface area contributed by atoms with Gasteiger partial charge in [-0.2, -0.15) is 0 Å². The average Bonchev–Trinajstić information content (AvgIpc) is 3.09. The van der Waals surface area contributed by atoms with E-state index in [1.54, 1.807) is 24.4 Å². The first-order valence-electron chi connectivity index (χ1n) is 7.41. The Morgan fingerprint density at radius 2 is 2.00 bits per heavy atom. The van der Waals surface area contributed by atoms with E-state index in [9.17, 15) is 14.9 Å². The largest absolute Gasteiger partial charge is 0.355 e. The lowest BCUT2D eigenvalue weighted by Gasteiger charge is -2.19. The van der Waals surface area contributed by atoms with E-state index in [1.807, 2.05) is 0 Å². The molecule has 0 radical (unpaired) electrons. The maximum atomic E-state index is 12.4. The summed E-state index contributed by atoms with van der Waals surface area (Å²) in [4.78, 5) is 29.2. The quantitative estimate of drug-likeness (QED) is 0.692. The standard InChI is InChI=1S/C16H16N4O3/c21-16(12-5-3-6-13(11-12)20(22)23)18-14-7-4-8-17-15(14)19-9-1-2-10-19/h3-8,11H,1-2,9-10H2,(H,18,21). The highest BCUT2D eigenvalue weighted by molar-refractivity contribution is 6.06. The Labute approximate surface area is 133 Å². The van der Waals surface area contributed by atoms with Gasteiger partial charge in [0.15, 0.2) is 5.82 Å². The van der Waals surface area contributed by atoms with Crippen LogP contribution in [-0.2, 0) is 0 Å². The molecule has 1 amide bonds. The number of non-ortho nitro benzene ring substituents is 1. The topological polar surface area (TPSA) is 88.4 Å². The molecule has 1 aromatic heterocycles. The third-order valence-electron chi connectivity index (χ3n) is 3.76. The maximum Gasteiger partial charge on any atom is 0.270 e. The van der Waals surface area contributed by atoms with Gasteiger partial charge >= 0.3 is 0 Å². The zero-order valence-corrected chi connectivity index (χ0v) is 12.4. The minimum atomic E-state index is -0.517. The van der Waals surface area contributed by atoms with Crippen molar-refractivity contribution in [3.05, 3.63) is 58.3 Å². The molecule has 7 nitrogen and oxygen atoms in total. The Hall–Kier alpha value is -2.96. The number of carbonyl (C=O) groups is 1. The molecule has 1 aliphatic heterocycles. The summed E-state index contributed by atoms with van der Waals surface area (Å²) in [5.74, 6) is 0.353. The summed E-state index contributed by atoms with van der Waals surface area (Å²) in [5.41, 5.74) is 0.755. The van der Waals surface area contributed by atoms with Gasteiger partial charge < -0.3 is 10.2 Å². The number of hydrogen-bond donors (Lipinski definition) is 1. The summed E-state index contributed by atoms with van der Waals surface area (Å²) in [6.07, 6.45) is 3.90. The third kappa shape index (κ3) is 3.28. The highest BCUT2D eigenvalue weighted by Crippen LogP contribution is 2.26. The Kier molecular flexibility index (Phi) is 4.18. The second-order valence-corrected chi connectivity index (χ2v) is 5.33. The van der Waals surface area contributed by atoms with Crippen molar-refractivity contribution in [2.75, 3.05) is 23.3 Å². The summed E-state index contributed by atoms with van der Waals surface area (Å²) < 4.78 is 0. The second-order valence-electron chi connectivity index (χ2n) is 5.33. The van der Waals surface area contributed by atoms with E-state index < -0.39 is 4.92 Å². The molecule has 2 heterocycles.